The summed E-state index contributed by atoms with van der Waals surface area (Å²) in [6.45, 7) is 0. The largest absolute Gasteiger partial charge is 0.481 e. The van der Waals surface area contributed by atoms with Crippen LogP contribution in [0.15, 0.2) is 39.8 Å². The normalized spacial score (nSPS) is 15.0. The SMILES string of the molecule is CSc1ccc(C(CC(=O)O)NC(=O)c2cc(C3CC3)on2)cc1. The van der Waals surface area contributed by atoms with Gasteiger partial charge in [0.25, 0.3) is 5.91 Å². The summed E-state index contributed by atoms with van der Waals surface area (Å²) < 4.78 is 5.18. The molecule has 1 unspecified atom stereocenters. The van der Waals surface area contributed by atoms with Gasteiger partial charge >= 0.3 is 5.97 Å². The fourth-order valence-electron chi connectivity index (χ4n) is 2.45. The maximum absolute atomic E-state index is 12.4. The highest BCUT2D eigenvalue weighted by atomic mass is 32.2. The second kappa shape index (κ2) is 7.09. The molecule has 1 aromatic heterocycles. The summed E-state index contributed by atoms with van der Waals surface area (Å²) in [4.78, 5) is 24.6. The summed E-state index contributed by atoms with van der Waals surface area (Å²) in [6, 6.07) is 8.50. The monoisotopic (exact) mass is 346 g/mol. The van der Waals surface area contributed by atoms with E-state index in [2.05, 4.69) is 10.5 Å². The Kier molecular flexibility index (Phi) is 4.89. The Labute approximate surface area is 143 Å². The first-order valence-electron chi connectivity index (χ1n) is 7.70. The summed E-state index contributed by atoms with van der Waals surface area (Å²) in [5.41, 5.74) is 0.933. The van der Waals surface area contributed by atoms with Gasteiger partial charge in [-0.05, 0) is 36.8 Å². The molecule has 1 amide bonds. The lowest BCUT2D eigenvalue weighted by molar-refractivity contribution is -0.137. The summed E-state index contributed by atoms with van der Waals surface area (Å²) in [7, 11) is 0. The molecule has 2 aromatic rings. The molecule has 24 heavy (non-hydrogen) atoms. The first kappa shape index (κ1) is 16.6. The van der Waals surface area contributed by atoms with Gasteiger partial charge in [-0.25, -0.2) is 0 Å². The maximum Gasteiger partial charge on any atom is 0.305 e. The lowest BCUT2D eigenvalue weighted by Crippen LogP contribution is -2.30. The highest BCUT2D eigenvalue weighted by Crippen LogP contribution is 2.40. The Morgan fingerprint density at radius 3 is 2.67 bits per heavy atom. The van der Waals surface area contributed by atoms with Gasteiger partial charge in [0, 0.05) is 16.9 Å². The number of carbonyl (C=O) groups is 2. The number of amides is 1. The van der Waals surface area contributed by atoms with Gasteiger partial charge < -0.3 is 14.9 Å². The van der Waals surface area contributed by atoms with Crippen molar-refractivity contribution in [2.75, 3.05) is 6.26 Å². The van der Waals surface area contributed by atoms with Crippen molar-refractivity contribution in [3.8, 4) is 0 Å². The third-order valence-electron chi connectivity index (χ3n) is 3.94. The standard InChI is InChI=1S/C17H18N2O4S/c1-24-12-6-4-10(5-7-12)13(9-16(20)21)18-17(22)14-8-15(23-19-14)11-2-3-11/h4-8,11,13H,2-3,9H2,1H3,(H,18,22)(H,20,21). The van der Waals surface area contributed by atoms with Gasteiger partial charge in [0.15, 0.2) is 5.69 Å². The first-order chi connectivity index (χ1) is 11.6. The summed E-state index contributed by atoms with van der Waals surface area (Å²) >= 11 is 1.60. The van der Waals surface area contributed by atoms with E-state index < -0.39 is 17.9 Å². The fourth-order valence-corrected chi connectivity index (χ4v) is 2.86. The zero-order valence-corrected chi connectivity index (χ0v) is 14.0. The van der Waals surface area contributed by atoms with Crippen molar-refractivity contribution in [1.82, 2.24) is 10.5 Å². The van der Waals surface area contributed by atoms with E-state index in [0.717, 1.165) is 29.1 Å². The van der Waals surface area contributed by atoms with Crippen LogP contribution >= 0.6 is 11.8 Å². The predicted octanol–water partition coefficient (Wildman–Crippen LogP) is 3.22. The number of hydrogen-bond acceptors (Lipinski definition) is 5. The van der Waals surface area contributed by atoms with E-state index in [1.807, 2.05) is 30.5 Å². The van der Waals surface area contributed by atoms with Crippen molar-refractivity contribution in [2.45, 2.75) is 36.1 Å². The van der Waals surface area contributed by atoms with Gasteiger partial charge in [0.1, 0.15) is 5.76 Å². The van der Waals surface area contributed by atoms with Crippen LogP contribution in [0.3, 0.4) is 0 Å². The molecule has 6 nitrogen and oxygen atoms in total. The summed E-state index contributed by atoms with van der Waals surface area (Å²) in [6.07, 6.45) is 3.88. The molecule has 0 saturated heterocycles. The van der Waals surface area contributed by atoms with Gasteiger partial charge in [0.05, 0.1) is 12.5 Å². The molecule has 3 rings (SSSR count). The van der Waals surface area contributed by atoms with E-state index in [0.29, 0.717) is 5.92 Å². The van der Waals surface area contributed by atoms with Crippen molar-refractivity contribution in [1.29, 1.82) is 0 Å². The molecule has 126 valence electrons. The number of nitrogens with zero attached hydrogens (tertiary/aromatic N) is 1. The lowest BCUT2D eigenvalue weighted by atomic mass is 10.0. The van der Waals surface area contributed by atoms with Crippen molar-refractivity contribution in [2.24, 2.45) is 0 Å². The Bertz CT molecular complexity index is 737. The molecular formula is C17H18N2O4S. The van der Waals surface area contributed by atoms with Crippen LogP contribution in [0, 0.1) is 0 Å². The fraction of sp³-hybridized carbons (Fsp3) is 0.353. The number of aromatic nitrogens is 1. The van der Waals surface area contributed by atoms with Gasteiger partial charge in [-0.2, -0.15) is 0 Å². The Morgan fingerprint density at radius 2 is 2.08 bits per heavy atom. The van der Waals surface area contributed by atoms with Crippen molar-refractivity contribution >= 4 is 23.6 Å². The zero-order valence-electron chi connectivity index (χ0n) is 13.2. The van der Waals surface area contributed by atoms with E-state index in [-0.39, 0.29) is 12.1 Å². The van der Waals surface area contributed by atoms with Crippen LogP contribution in [0.25, 0.3) is 0 Å². The van der Waals surface area contributed by atoms with Crippen LogP contribution in [0.2, 0.25) is 0 Å². The number of carboxylic acids is 1. The Morgan fingerprint density at radius 1 is 1.38 bits per heavy atom. The molecular weight excluding hydrogens is 328 g/mol. The summed E-state index contributed by atoms with van der Waals surface area (Å²) in [5.74, 6) is -0.314. The first-order valence-corrected chi connectivity index (χ1v) is 8.92. The zero-order chi connectivity index (χ0) is 17.1. The van der Waals surface area contributed by atoms with Crippen LogP contribution in [0.1, 0.15) is 53.0 Å². The molecule has 1 aliphatic rings. The van der Waals surface area contributed by atoms with Crippen molar-refractivity contribution < 1.29 is 19.2 Å². The number of carbonyl (C=O) groups excluding carboxylic acids is 1. The Balaban J connectivity index is 1.74. The van der Waals surface area contributed by atoms with Crippen LogP contribution < -0.4 is 5.32 Å². The van der Waals surface area contributed by atoms with Crippen molar-refractivity contribution in [3.63, 3.8) is 0 Å². The van der Waals surface area contributed by atoms with Crippen LogP contribution in [0.4, 0.5) is 0 Å². The minimum absolute atomic E-state index is 0.188. The molecule has 2 N–H and O–H groups in total. The van der Waals surface area contributed by atoms with Gasteiger partial charge in [0.2, 0.25) is 0 Å². The van der Waals surface area contributed by atoms with E-state index >= 15 is 0 Å². The van der Waals surface area contributed by atoms with Gasteiger partial charge in [-0.3, -0.25) is 9.59 Å². The molecule has 1 heterocycles. The van der Waals surface area contributed by atoms with Crippen LogP contribution in [-0.4, -0.2) is 28.4 Å². The number of nitrogens with one attached hydrogen (secondary N) is 1. The highest BCUT2D eigenvalue weighted by molar-refractivity contribution is 7.98. The molecule has 1 aliphatic carbocycles. The quantitative estimate of drug-likeness (QED) is 0.748. The van der Waals surface area contributed by atoms with Crippen molar-refractivity contribution in [3.05, 3.63) is 47.3 Å². The molecule has 7 heteroatoms. The second-order valence-corrected chi connectivity index (χ2v) is 6.67. The third-order valence-corrected chi connectivity index (χ3v) is 4.69. The molecule has 0 radical (unpaired) electrons. The maximum atomic E-state index is 12.4. The highest BCUT2D eigenvalue weighted by Gasteiger charge is 2.29. The topological polar surface area (TPSA) is 92.4 Å². The summed E-state index contributed by atoms with van der Waals surface area (Å²) in [5, 5.41) is 15.7. The van der Waals surface area contributed by atoms with E-state index in [1.54, 1.807) is 17.8 Å². The number of carboxylic acid groups (broad SMARTS) is 1. The average molecular weight is 346 g/mol. The number of aliphatic carboxylic acids is 1. The molecule has 1 fully saturated rings. The minimum Gasteiger partial charge on any atom is -0.481 e. The molecule has 0 spiro atoms. The van der Waals surface area contributed by atoms with Gasteiger partial charge in [-0.1, -0.05) is 17.3 Å². The lowest BCUT2D eigenvalue weighted by Gasteiger charge is -2.17. The van der Waals surface area contributed by atoms with Crippen LogP contribution in [0.5, 0.6) is 0 Å². The van der Waals surface area contributed by atoms with Gasteiger partial charge in [-0.15, -0.1) is 11.8 Å². The second-order valence-electron chi connectivity index (χ2n) is 5.79. The number of thioether (sulfide) groups is 1. The molecule has 0 aliphatic heterocycles. The predicted molar refractivity (Wildman–Crippen MR) is 89.2 cm³/mol. The molecule has 0 bridgehead atoms. The minimum atomic E-state index is -0.979. The van der Waals surface area contributed by atoms with E-state index in [4.69, 9.17) is 9.63 Å². The Hall–Kier alpha value is -2.28. The molecule has 1 aromatic carbocycles. The smallest absolute Gasteiger partial charge is 0.305 e. The number of rotatable bonds is 7. The average Bonchev–Trinajstić information content (AvgIpc) is 3.30. The number of hydrogen-bond donors (Lipinski definition) is 2. The molecule has 1 saturated carbocycles. The third kappa shape index (κ3) is 3.97. The molecule has 1 atom stereocenters. The van der Waals surface area contributed by atoms with Crippen LogP contribution in [-0.2, 0) is 4.79 Å². The number of benzene rings is 1. The van der Waals surface area contributed by atoms with E-state index in [1.165, 1.54) is 0 Å². The van der Waals surface area contributed by atoms with E-state index in [9.17, 15) is 9.59 Å².